The van der Waals surface area contributed by atoms with Crippen LogP contribution in [0.4, 0.5) is 14.5 Å². The number of hydrogen-bond acceptors (Lipinski definition) is 1. The number of halogens is 2. The van der Waals surface area contributed by atoms with Gasteiger partial charge < -0.3 is 5.32 Å². The molecule has 0 saturated carbocycles. The summed E-state index contributed by atoms with van der Waals surface area (Å²) in [5.41, 5.74) is 2.55. The second-order valence-electron chi connectivity index (χ2n) is 5.01. The molecular weight excluding hydrogens is 244 g/mol. The lowest BCUT2D eigenvalue weighted by Gasteiger charge is -2.26. The molecule has 19 heavy (non-hydrogen) atoms. The molecule has 0 spiro atoms. The van der Waals surface area contributed by atoms with E-state index < -0.39 is 11.6 Å². The average molecular weight is 259 g/mol. The molecule has 1 aliphatic rings. The van der Waals surface area contributed by atoms with Gasteiger partial charge in [-0.1, -0.05) is 24.3 Å². The van der Waals surface area contributed by atoms with Crippen molar-refractivity contribution < 1.29 is 8.78 Å². The van der Waals surface area contributed by atoms with E-state index in [1.807, 2.05) is 18.2 Å². The van der Waals surface area contributed by atoms with Gasteiger partial charge in [0.1, 0.15) is 11.6 Å². The highest BCUT2D eigenvalue weighted by molar-refractivity contribution is 5.53. The summed E-state index contributed by atoms with van der Waals surface area (Å²) in [5, 5.41) is 3.33. The molecule has 3 heteroatoms. The van der Waals surface area contributed by atoms with Crippen LogP contribution in [0.2, 0.25) is 0 Å². The Hall–Kier alpha value is -1.90. The Morgan fingerprint density at radius 3 is 2.53 bits per heavy atom. The van der Waals surface area contributed by atoms with E-state index in [4.69, 9.17) is 0 Å². The van der Waals surface area contributed by atoms with Gasteiger partial charge in [-0.05, 0) is 42.5 Å². The normalized spacial score (nSPS) is 17.7. The van der Waals surface area contributed by atoms with Crippen LogP contribution in [0.15, 0.2) is 42.5 Å². The molecule has 0 aromatic heterocycles. The van der Waals surface area contributed by atoms with Gasteiger partial charge in [0.2, 0.25) is 0 Å². The zero-order chi connectivity index (χ0) is 13.2. The Morgan fingerprint density at radius 2 is 1.74 bits per heavy atom. The van der Waals surface area contributed by atoms with Crippen LogP contribution in [0.3, 0.4) is 0 Å². The van der Waals surface area contributed by atoms with E-state index in [9.17, 15) is 8.78 Å². The van der Waals surface area contributed by atoms with Crippen molar-refractivity contribution in [1.29, 1.82) is 0 Å². The Labute approximate surface area is 111 Å². The number of fused-ring (bicyclic) bond motifs is 1. The third-order valence-electron chi connectivity index (χ3n) is 3.66. The molecule has 1 nitrogen and oxygen atoms in total. The zero-order valence-electron chi connectivity index (χ0n) is 10.5. The summed E-state index contributed by atoms with van der Waals surface area (Å²) in [6.45, 7) is 0.755. The van der Waals surface area contributed by atoms with E-state index in [0.717, 1.165) is 18.7 Å². The van der Waals surface area contributed by atoms with E-state index in [2.05, 4.69) is 11.4 Å². The van der Waals surface area contributed by atoms with Crippen molar-refractivity contribution in [1.82, 2.24) is 0 Å². The van der Waals surface area contributed by atoms with Gasteiger partial charge >= 0.3 is 0 Å². The van der Waals surface area contributed by atoms with Crippen LogP contribution >= 0.6 is 0 Å². The number of anilines is 1. The predicted octanol–water partition coefficient (Wildman–Crippen LogP) is 3.79. The van der Waals surface area contributed by atoms with Crippen molar-refractivity contribution >= 4 is 5.69 Å². The molecule has 2 aromatic rings. The Kier molecular flexibility index (Phi) is 3.20. The minimum Gasteiger partial charge on any atom is -0.385 e. The molecule has 0 fully saturated rings. The molecule has 1 aliphatic heterocycles. The van der Waals surface area contributed by atoms with Crippen molar-refractivity contribution in [2.45, 2.75) is 12.8 Å². The van der Waals surface area contributed by atoms with Crippen LogP contribution in [0, 0.1) is 17.6 Å². The number of benzene rings is 2. The molecule has 1 unspecified atom stereocenters. The van der Waals surface area contributed by atoms with Crippen LogP contribution in [-0.2, 0) is 12.8 Å². The Bertz CT molecular complexity index is 575. The highest BCUT2D eigenvalue weighted by atomic mass is 19.1. The third kappa shape index (κ3) is 2.46. The van der Waals surface area contributed by atoms with Crippen LogP contribution in [-0.4, -0.2) is 6.54 Å². The summed E-state index contributed by atoms with van der Waals surface area (Å²) in [6.07, 6.45) is 1.29. The molecule has 2 aromatic carbocycles. The standard InChI is InChI=1S/C16H15F2N/c17-14-5-3-6-15(18)13(14)9-11-8-12-4-1-2-7-16(12)19-10-11/h1-7,11,19H,8-10H2. The van der Waals surface area contributed by atoms with Crippen LogP contribution in [0.1, 0.15) is 11.1 Å². The number of nitrogens with one attached hydrogen (secondary N) is 1. The molecule has 1 N–H and O–H groups in total. The smallest absolute Gasteiger partial charge is 0.129 e. The molecule has 0 amide bonds. The fraction of sp³-hybridized carbons (Fsp3) is 0.250. The number of rotatable bonds is 2. The average Bonchev–Trinajstić information content (AvgIpc) is 2.43. The summed E-state index contributed by atoms with van der Waals surface area (Å²) < 4.78 is 27.3. The highest BCUT2D eigenvalue weighted by Crippen LogP contribution is 2.27. The fourth-order valence-corrected chi connectivity index (χ4v) is 2.67. The first-order valence-electron chi connectivity index (χ1n) is 6.48. The van der Waals surface area contributed by atoms with Gasteiger partial charge in [-0.3, -0.25) is 0 Å². The molecule has 3 rings (SSSR count). The van der Waals surface area contributed by atoms with Gasteiger partial charge in [0.05, 0.1) is 0 Å². The first-order chi connectivity index (χ1) is 9.24. The van der Waals surface area contributed by atoms with Crippen LogP contribution in [0.25, 0.3) is 0 Å². The first kappa shape index (κ1) is 12.2. The molecule has 0 bridgehead atoms. The lowest BCUT2D eigenvalue weighted by atomic mass is 9.88. The lowest BCUT2D eigenvalue weighted by molar-refractivity contribution is 0.486. The molecule has 0 saturated heterocycles. The van der Waals surface area contributed by atoms with E-state index >= 15 is 0 Å². The SMILES string of the molecule is Fc1cccc(F)c1CC1CNc2ccccc2C1. The molecular formula is C16H15F2N. The van der Waals surface area contributed by atoms with Gasteiger partial charge in [0.25, 0.3) is 0 Å². The van der Waals surface area contributed by atoms with Crippen LogP contribution < -0.4 is 5.32 Å². The molecule has 98 valence electrons. The first-order valence-corrected chi connectivity index (χ1v) is 6.48. The van der Waals surface area contributed by atoms with E-state index in [0.29, 0.717) is 6.42 Å². The quantitative estimate of drug-likeness (QED) is 0.865. The summed E-state index contributed by atoms with van der Waals surface area (Å²) in [6, 6.07) is 12.1. The van der Waals surface area contributed by atoms with Gasteiger partial charge in [0, 0.05) is 17.8 Å². The second-order valence-corrected chi connectivity index (χ2v) is 5.01. The maximum atomic E-state index is 13.6. The van der Waals surface area contributed by atoms with Crippen molar-refractivity contribution in [2.24, 2.45) is 5.92 Å². The van der Waals surface area contributed by atoms with Gasteiger partial charge in [-0.25, -0.2) is 8.78 Å². The van der Waals surface area contributed by atoms with E-state index in [1.54, 1.807) is 0 Å². The van der Waals surface area contributed by atoms with Crippen molar-refractivity contribution in [3.63, 3.8) is 0 Å². The van der Waals surface area contributed by atoms with Gasteiger partial charge in [-0.2, -0.15) is 0 Å². The maximum Gasteiger partial charge on any atom is 0.129 e. The van der Waals surface area contributed by atoms with Crippen molar-refractivity contribution in [2.75, 3.05) is 11.9 Å². The molecule has 0 radical (unpaired) electrons. The van der Waals surface area contributed by atoms with E-state index in [1.165, 1.54) is 23.8 Å². The van der Waals surface area contributed by atoms with Gasteiger partial charge in [-0.15, -0.1) is 0 Å². The number of para-hydroxylation sites is 1. The Balaban J connectivity index is 1.79. The van der Waals surface area contributed by atoms with Gasteiger partial charge in [0.15, 0.2) is 0 Å². The predicted molar refractivity (Wildman–Crippen MR) is 72.2 cm³/mol. The lowest BCUT2D eigenvalue weighted by Crippen LogP contribution is -2.25. The van der Waals surface area contributed by atoms with E-state index in [-0.39, 0.29) is 11.5 Å². The monoisotopic (exact) mass is 259 g/mol. The topological polar surface area (TPSA) is 12.0 Å². The second kappa shape index (κ2) is 5.00. The minimum absolute atomic E-state index is 0.202. The molecule has 1 heterocycles. The summed E-state index contributed by atoms with van der Waals surface area (Å²) in [7, 11) is 0. The zero-order valence-corrected chi connectivity index (χ0v) is 10.5. The largest absolute Gasteiger partial charge is 0.385 e. The summed E-state index contributed by atoms with van der Waals surface area (Å²) in [4.78, 5) is 0. The summed E-state index contributed by atoms with van der Waals surface area (Å²) in [5.74, 6) is -0.668. The van der Waals surface area contributed by atoms with Crippen LogP contribution in [0.5, 0.6) is 0 Å². The number of hydrogen-bond donors (Lipinski definition) is 1. The highest BCUT2D eigenvalue weighted by Gasteiger charge is 2.20. The minimum atomic E-state index is -0.446. The van der Waals surface area contributed by atoms with Crippen molar-refractivity contribution in [3.05, 3.63) is 65.2 Å². The fourth-order valence-electron chi connectivity index (χ4n) is 2.67. The molecule has 0 aliphatic carbocycles. The Morgan fingerprint density at radius 1 is 1.00 bits per heavy atom. The third-order valence-corrected chi connectivity index (χ3v) is 3.66. The summed E-state index contributed by atoms with van der Waals surface area (Å²) >= 11 is 0. The van der Waals surface area contributed by atoms with Crippen molar-refractivity contribution in [3.8, 4) is 0 Å². The molecule has 1 atom stereocenters. The maximum absolute atomic E-state index is 13.6.